The molecule has 1 unspecified atom stereocenters. The van der Waals surface area contributed by atoms with E-state index in [-0.39, 0.29) is 12.1 Å². The Morgan fingerprint density at radius 1 is 1.71 bits per heavy atom. The maximum absolute atomic E-state index is 11.1. The van der Waals surface area contributed by atoms with Gasteiger partial charge in [0, 0.05) is 18.7 Å². The van der Waals surface area contributed by atoms with Crippen LogP contribution in [0.3, 0.4) is 0 Å². The van der Waals surface area contributed by atoms with Crippen LogP contribution in [0.2, 0.25) is 0 Å². The van der Waals surface area contributed by atoms with Crippen LogP contribution in [0.1, 0.15) is 12.0 Å². The van der Waals surface area contributed by atoms with Gasteiger partial charge in [-0.3, -0.25) is 0 Å². The molecule has 0 saturated carbocycles. The molecule has 1 aromatic heterocycles. The van der Waals surface area contributed by atoms with E-state index in [0.717, 1.165) is 30.1 Å². The molecule has 94 valence electrons. The second-order valence-electron chi connectivity index (χ2n) is 4.07. The van der Waals surface area contributed by atoms with Crippen LogP contribution >= 0.6 is 11.5 Å². The van der Waals surface area contributed by atoms with E-state index in [0.29, 0.717) is 5.82 Å². The zero-order valence-corrected chi connectivity index (χ0v) is 10.7. The number of methoxy groups -OCH3 is 1. The normalized spacial score (nSPS) is 19.4. The van der Waals surface area contributed by atoms with E-state index in [2.05, 4.69) is 19.3 Å². The molecule has 6 nitrogen and oxygen atoms in total. The van der Waals surface area contributed by atoms with Crippen LogP contribution in [0.4, 0.5) is 15.6 Å². The summed E-state index contributed by atoms with van der Waals surface area (Å²) in [6.45, 7) is 3.64. The van der Waals surface area contributed by atoms with Crippen LogP contribution in [0.5, 0.6) is 0 Å². The van der Waals surface area contributed by atoms with Crippen molar-refractivity contribution in [2.45, 2.75) is 19.4 Å². The zero-order chi connectivity index (χ0) is 12.4. The Morgan fingerprint density at radius 2 is 2.47 bits per heavy atom. The van der Waals surface area contributed by atoms with Crippen molar-refractivity contribution in [1.82, 2.24) is 9.69 Å². The number of nitrogens with two attached hydrogens (primary N) is 1. The molecule has 17 heavy (non-hydrogen) atoms. The predicted octanol–water partition coefficient (Wildman–Crippen LogP) is 0.968. The zero-order valence-electron chi connectivity index (χ0n) is 9.90. The van der Waals surface area contributed by atoms with E-state index in [9.17, 15) is 4.79 Å². The monoisotopic (exact) mass is 256 g/mol. The minimum atomic E-state index is -0.377. The van der Waals surface area contributed by atoms with Gasteiger partial charge in [-0.2, -0.15) is 4.37 Å². The second kappa shape index (κ2) is 4.79. The maximum atomic E-state index is 11.1. The molecule has 0 aliphatic carbocycles. The van der Waals surface area contributed by atoms with Crippen LogP contribution < -0.4 is 16.0 Å². The lowest BCUT2D eigenvalue weighted by atomic mass is 10.3. The van der Waals surface area contributed by atoms with Crippen molar-refractivity contribution in [2.75, 3.05) is 30.8 Å². The number of carbonyl (C=O) groups excluding carboxylic acids is 1. The number of hydrogen-bond donors (Lipinski definition) is 2. The molecule has 0 radical (unpaired) electrons. The summed E-state index contributed by atoms with van der Waals surface area (Å²) in [6.07, 6.45) is 0.532. The third-order valence-corrected chi connectivity index (χ3v) is 3.94. The quantitative estimate of drug-likeness (QED) is 0.824. The van der Waals surface area contributed by atoms with Crippen LogP contribution in [-0.4, -0.2) is 36.7 Å². The Labute approximate surface area is 104 Å². The van der Waals surface area contributed by atoms with Gasteiger partial charge in [-0.25, -0.2) is 4.79 Å². The first-order valence-electron chi connectivity index (χ1n) is 5.43. The maximum Gasteiger partial charge on any atom is 0.407 e. The molecule has 0 aromatic carbocycles. The summed E-state index contributed by atoms with van der Waals surface area (Å²) in [7, 11) is 1.37. The highest BCUT2D eigenvalue weighted by Crippen LogP contribution is 2.31. The van der Waals surface area contributed by atoms with E-state index in [1.165, 1.54) is 18.6 Å². The molecule has 2 heterocycles. The number of nitrogens with one attached hydrogen (secondary N) is 1. The fraction of sp³-hybridized carbons (Fsp3) is 0.600. The fourth-order valence-corrected chi connectivity index (χ4v) is 2.77. The van der Waals surface area contributed by atoms with Gasteiger partial charge in [0.1, 0.15) is 10.8 Å². The summed E-state index contributed by atoms with van der Waals surface area (Å²) in [5, 5.41) is 3.90. The van der Waals surface area contributed by atoms with Gasteiger partial charge in [-0.1, -0.05) is 0 Å². The lowest BCUT2D eigenvalue weighted by molar-refractivity contribution is 0.167. The van der Waals surface area contributed by atoms with Gasteiger partial charge in [0.2, 0.25) is 0 Å². The van der Waals surface area contributed by atoms with E-state index < -0.39 is 0 Å². The highest BCUT2D eigenvalue weighted by Gasteiger charge is 2.26. The van der Waals surface area contributed by atoms with E-state index in [4.69, 9.17) is 5.73 Å². The average Bonchev–Trinajstić information content (AvgIpc) is 2.88. The van der Waals surface area contributed by atoms with Crippen LogP contribution in [-0.2, 0) is 4.74 Å². The van der Waals surface area contributed by atoms with Crippen molar-refractivity contribution in [3.63, 3.8) is 0 Å². The van der Waals surface area contributed by atoms with Crippen molar-refractivity contribution in [3.8, 4) is 0 Å². The van der Waals surface area contributed by atoms with Gasteiger partial charge in [0.25, 0.3) is 0 Å². The first-order valence-corrected chi connectivity index (χ1v) is 6.20. The number of hydrogen-bond acceptors (Lipinski definition) is 6. The number of anilines is 2. The first kappa shape index (κ1) is 12.0. The largest absolute Gasteiger partial charge is 0.453 e. The number of ether oxygens (including phenoxy) is 1. The summed E-state index contributed by atoms with van der Waals surface area (Å²) in [5.74, 6) is 0.592. The van der Waals surface area contributed by atoms with E-state index in [1.54, 1.807) is 0 Å². The highest BCUT2D eigenvalue weighted by molar-refractivity contribution is 7.10. The summed E-state index contributed by atoms with van der Waals surface area (Å²) in [4.78, 5) is 13.3. The number of nitrogens with zero attached hydrogens (tertiary/aromatic N) is 2. The lowest BCUT2D eigenvalue weighted by Gasteiger charge is -2.17. The van der Waals surface area contributed by atoms with Crippen molar-refractivity contribution >= 4 is 28.4 Å². The molecule has 0 spiro atoms. The molecule has 1 saturated heterocycles. The molecule has 2 rings (SSSR count). The Balaban J connectivity index is 1.98. The van der Waals surface area contributed by atoms with Crippen molar-refractivity contribution in [2.24, 2.45) is 0 Å². The van der Waals surface area contributed by atoms with Crippen LogP contribution in [0.25, 0.3) is 0 Å². The number of rotatable bonds is 2. The number of carbonyl (C=O) groups is 1. The molecule has 0 bridgehead atoms. The molecule has 1 amide bonds. The Hall–Kier alpha value is -1.50. The predicted molar refractivity (Wildman–Crippen MR) is 67.4 cm³/mol. The molecule has 1 aliphatic rings. The third-order valence-electron chi connectivity index (χ3n) is 2.92. The smallest absolute Gasteiger partial charge is 0.407 e. The molecule has 7 heteroatoms. The fourth-order valence-electron chi connectivity index (χ4n) is 1.92. The van der Waals surface area contributed by atoms with Crippen molar-refractivity contribution in [3.05, 3.63) is 5.56 Å². The highest BCUT2D eigenvalue weighted by atomic mass is 32.1. The van der Waals surface area contributed by atoms with Gasteiger partial charge in [0.15, 0.2) is 0 Å². The minimum absolute atomic E-state index is 0.130. The second-order valence-corrected chi connectivity index (χ2v) is 4.82. The summed E-state index contributed by atoms with van der Waals surface area (Å²) < 4.78 is 8.71. The average molecular weight is 256 g/mol. The molecule has 1 fully saturated rings. The van der Waals surface area contributed by atoms with E-state index in [1.807, 2.05) is 6.92 Å². The third kappa shape index (κ3) is 2.44. The number of amides is 1. The molecular weight excluding hydrogens is 240 g/mol. The van der Waals surface area contributed by atoms with Gasteiger partial charge >= 0.3 is 6.09 Å². The van der Waals surface area contributed by atoms with E-state index >= 15 is 0 Å². The van der Waals surface area contributed by atoms with Gasteiger partial charge in [0.05, 0.1) is 13.2 Å². The van der Waals surface area contributed by atoms with Crippen LogP contribution in [0.15, 0.2) is 0 Å². The Bertz CT molecular complexity index is 420. The Kier molecular flexibility index (Phi) is 3.37. The van der Waals surface area contributed by atoms with Crippen molar-refractivity contribution < 1.29 is 9.53 Å². The molecule has 3 N–H and O–H groups in total. The van der Waals surface area contributed by atoms with Gasteiger partial charge < -0.3 is 20.7 Å². The minimum Gasteiger partial charge on any atom is -0.453 e. The molecule has 1 atom stereocenters. The molecule has 1 aromatic rings. The van der Waals surface area contributed by atoms with Gasteiger partial charge in [-0.15, -0.1) is 0 Å². The molecular formula is C10H16N4O2S. The molecule has 1 aliphatic heterocycles. The number of aromatic nitrogens is 1. The summed E-state index contributed by atoms with van der Waals surface area (Å²) in [5.41, 5.74) is 6.75. The lowest BCUT2D eigenvalue weighted by Crippen LogP contribution is -2.36. The number of nitrogen functional groups attached to an aromatic ring is 1. The van der Waals surface area contributed by atoms with Crippen LogP contribution in [0, 0.1) is 6.92 Å². The number of alkyl carbamates (subject to hydrolysis) is 1. The van der Waals surface area contributed by atoms with Crippen molar-refractivity contribution in [1.29, 1.82) is 0 Å². The first-order chi connectivity index (χ1) is 8.11. The summed E-state index contributed by atoms with van der Waals surface area (Å²) >= 11 is 1.41. The topological polar surface area (TPSA) is 80.5 Å². The Morgan fingerprint density at radius 3 is 3.06 bits per heavy atom. The summed E-state index contributed by atoms with van der Waals surface area (Å²) in [6, 6.07) is 0.130. The van der Waals surface area contributed by atoms with Gasteiger partial charge in [-0.05, 0) is 24.9 Å². The SMILES string of the molecule is COC(=O)NC1CCN(c2snc(N)c2C)C1. The standard InChI is InChI=1S/C10H16N4O2S/c1-6-8(11)13-17-9(6)14-4-3-7(5-14)12-10(15)16-2/h7H,3-5H2,1-2H3,(H2,11,13)(H,12,15).